The molecular weight excluding hydrogens is 282 g/mol. The molecule has 0 saturated carbocycles. The van der Waals surface area contributed by atoms with E-state index in [0.717, 1.165) is 50.0 Å². The number of anilines is 1. The summed E-state index contributed by atoms with van der Waals surface area (Å²) in [6.45, 7) is 12.9. The van der Waals surface area contributed by atoms with E-state index in [1.165, 1.54) is 12.0 Å². The van der Waals surface area contributed by atoms with Crippen LogP contribution in [0, 0.1) is 0 Å². The lowest BCUT2D eigenvalue weighted by atomic mass is 10.2. The Balaban J connectivity index is 2.63. The molecule has 0 aliphatic carbocycles. The fourth-order valence-corrected chi connectivity index (χ4v) is 2.92. The topological polar surface area (TPSA) is 18.5 Å². The van der Waals surface area contributed by atoms with E-state index in [1.807, 2.05) is 7.05 Å². The van der Waals surface area contributed by atoms with Crippen LogP contribution >= 0.6 is 11.6 Å². The molecule has 1 rings (SSSR count). The van der Waals surface area contributed by atoms with Crippen LogP contribution in [0.15, 0.2) is 18.2 Å². The molecule has 21 heavy (non-hydrogen) atoms. The van der Waals surface area contributed by atoms with E-state index < -0.39 is 0 Å². The van der Waals surface area contributed by atoms with E-state index in [9.17, 15) is 0 Å². The molecular formula is C17H30ClN3. The monoisotopic (exact) mass is 311 g/mol. The van der Waals surface area contributed by atoms with Crippen molar-refractivity contribution in [1.29, 1.82) is 0 Å². The zero-order valence-electron chi connectivity index (χ0n) is 14.0. The second-order valence-corrected chi connectivity index (χ2v) is 5.68. The highest BCUT2D eigenvalue weighted by Crippen LogP contribution is 2.27. The van der Waals surface area contributed by atoms with E-state index in [0.29, 0.717) is 0 Å². The summed E-state index contributed by atoms with van der Waals surface area (Å²) in [4.78, 5) is 4.83. The van der Waals surface area contributed by atoms with E-state index in [4.69, 9.17) is 11.6 Å². The average Bonchev–Trinajstić information content (AvgIpc) is 2.49. The third kappa shape index (κ3) is 5.85. The Kier molecular flexibility index (Phi) is 8.74. The minimum atomic E-state index is 0.854. The molecule has 120 valence electrons. The fourth-order valence-electron chi connectivity index (χ4n) is 2.59. The highest BCUT2D eigenvalue weighted by molar-refractivity contribution is 6.33. The smallest absolute Gasteiger partial charge is 0.0642 e. The second-order valence-electron chi connectivity index (χ2n) is 5.28. The lowest BCUT2D eigenvalue weighted by molar-refractivity contribution is 0.301. The summed E-state index contributed by atoms with van der Waals surface area (Å²) in [6.07, 6.45) is 1.17. The predicted octanol–water partition coefficient (Wildman–Crippen LogP) is 3.62. The van der Waals surface area contributed by atoms with Gasteiger partial charge in [0.25, 0.3) is 0 Å². The molecule has 1 N–H and O–H groups in total. The van der Waals surface area contributed by atoms with Crippen molar-refractivity contribution >= 4 is 17.3 Å². The lowest BCUT2D eigenvalue weighted by Crippen LogP contribution is -2.30. The van der Waals surface area contributed by atoms with Gasteiger partial charge in [0.15, 0.2) is 0 Å². The first-order valence-electron chi connectivity index (χ1n) is 8.06. The molecule has 0 amide bonds. The van der Waals surface area contributed by atoms with Crippen LogP contribution in [-0.2, 0) is 6.54 Å². The predicted molar refractivity (Wildman–Crippen MR) is 94.5 cm³/mol. The molecule has 1 aromatic carbocycles. The summed E-state index contributed by atoms with van der Waals surface area (Å²) in [5, 5.41) is 4.01. The molecule has 0 spiro atoms. The summed E-state index contributed by atoms with van der Waals surface area (Å²) >= 11 is 6.45. The largest absolute Gasteiger partial charge is 0.371 e. The molecule has 4 heteroatoms. The van der Waals surface area contributed by atoms with Crippen molar-refractivity contribution in [3.05, 3.63) is 28.8 Å². The maximum atomic E-state index is 6.45. The van der Waals surface area contributed by atoms with Gasteiger partial charge in [-0.3, -0.25) is 0 Å². The van der Waals surface area contributed by atoms with Crippen molar-refractivity contribution in [1.82, 2.24) is 10.2 Å². The Hall–Kier alpha value is -0.770. The van der Waals surface area contributed by atoms with Crippen molar-refractivity contribution in [2.45, 2.75) is 33.7 Å². The molecule has 0 aromatic heterocycles. The van der Waals surface area contributed by atoms with Gasteiger partial charge < -0.3 is 15.1 Å². The highest BCUT2D eigenvalue weighted by atomic mass is 35.5. The van der Waals surface area contributed by atoms with Gasteiger partial charge in [0.05, 0.1) is 10.7 Å². The number of halogens is 1. The van der Waals surface area contributed by atoms with Crippen molar-refractivity contribution < 1.29 is 0 Å². The molecule has 0 saturated heterocycles. The maximum absolute atomic E-state index is 6.45. The minimum Gasteiger partial charge on any atom is -0.371 e. The molecule has 0 atom stereocenters. The van der Waals surface area contributed by atoms with E-state index in [2.05, 4.69) is 54.1 Å². The number of nitrogens with zero attached hydrogens (tertiary/aromatic N) is 2. The van der Waals surface area contributed by atoms with Gasteiger partial charge in [-0.25, -0.2) is 0 Å². The SMILES string of the molecule is CCN(CC)CCCN(CC)c1ccc(CNC)cc1Cl. The van der Waals surface area contributed by atoms with Crippen LogP contribution in [0.25, 0.3) is 0 Å². The van der Waals surface area contributed by atoms with Crippen LogP contribution in [0.5, 0.6) is 0 Å². The van der Waals surface area contributed by atoms with Crippen molar-refractivity contribution in [3.63, 3.8) is 0 Å². The maximum Gasteiger partial charge on any atom is 0.0642 e. The van der Waals surface area contributed by atoms with Gasteiger partial charge in [-0.2, -0.15) is 0 Å². The number of hydrogen-bond acceptors (Lipinski definition) is 3. The van der Waals surface area contributed by atoms with Crippen LogP contribution in [0.3, 0.4) is 0 Å². The zero-order chi connectivity index (χ0) is 15.7. The van der Waals surface area contributed by atoms with Gasteiger partial charge >= 0.3 is 0 Å². The third-order valence-electron chi connectivity index (χ3n) is 3.91. The number of hydrogen-bond donors (Lipinski definition) is 1. The summed E-state index contributed by atoms with van der Waals surface area (Å²) in [7, 11) is 1.95. The van der Waals surface area contributed by atoms with E-state index in [1.54, 1.807) is 0 Å². The van der Waals surface area contributed by atoms with Crippen LogP contribution in [0.4, 0.5) is 5.69 Å². The first-order chi connectivity index (χ1) is 10.2. The van der Waals surface area contributed by atoms with Crippen molar-refractivity contribution in [2.75, 3.05) is 44.7 Å². The second kappa shape index (κ2) is 10.0. The Morgan fingerprint density at radius 1 is 1.05 bits per heavy atom. The van der Waals surface area contributed by atoms with Gasteiger partial charge in [-0.15, -0.1) is 0 Å². The number of rotatable bonds is 10. The first-order valence-corrected chi connectivity index (χ1v) is 8.44. The van der Waals surface area contributed by atoms with Gasteiger partial charge in [-0.1, -0.05) is 31.5 Å². The Bertz CT molecular complexity index is 405. The summed E-state index contributed by atoms with van der Waals surface area (Å²) in [6, 6.07) is 6.38. The third-order valence-corrected chi connectivity index (χ3v) is 4.21. The molecule has 0 aliphatic rings. The molecule has 3 nitrogen and oxygen atoms in total. The summed E-state index contributed by atoms with van der Waals surface area (Å²) in [5.41, 5.74) is 2.38. The quantitative estimate of drug-likeness (QED) is 0.712. The van der Waals surface area contributed by atoms with Crippen LogP contribution in [0.1, 0.15) is 32.8 Å². The first kappa shape index (κ1) is 18.3. The molecule has 0 unspecified atom stereocenters. The molecule has 0 bridgehead atoms. The highest BCUT2D eigenvalue weighted by Gasteiger charge is 2.10. The standard InChI is InChI=1S/C17H30ClN3/c1-5-20(6-2)11-8-12-21(7-3)17-10-9-15(14-19-4)13-16(17)18/h9-10,13,19H,5-8,11-12,14H2,1-4H3. The van der Waals surface area contributed by atoms with E-state index >= 15 is 0 Å². The zero-order valence-corrected chi connectivity index (χ0v) is 14.7. The molecule has 1 aromatic rings. The fraction of sp³-hybridized carbons (Fsp3) is 0.647. The number of benzene rings is 1. The molecule has 0 aliphatic heterocycles. The van der Waals surface area contributed by atoms with Crippen LogP contribution in [-0.4, -0.2) is 44.7 Å². The Morgan fingerprint density at radius 2 is 1.76 bits per heavy atom. The molecule has 0 fully saturated rings. The summed E-state index contributed by atoms with van der Waals surface area (Å²) < 4.78 is 0. The average molecular weight is 312 g/mol. The summed E-state index contributed by atoms with van der Waals surface area (Å²) in [5.74, 6) is 0. The normalized spacial score (nSPS) is 11.1. The molecule has 0 radical (unpaired) electrons. The molecule has 0 heterocycles. The van der Waals surface area contributed by atoms with Crippen molar-refractivity contribution in [3.8, 4) is 0 Å². The minimum absolute atomic E-state index is 0.854. The number of nitrogens with one attached hydrogen (secondary N) is 1. The van der Waals surface area contributed by atoms with Crippen molar-refractivity contribution in [2.24, 2.45) is 0 Å². The van der Waals surface area contributed by atoms with Gasteiger partial charge in [0.1, 0.15) is 0 Å². The Morgan fingerprint density at radius 3 is 2.29 bits per heavy atom. The van der Waals surface area contributed by atoms with Crippen LogP contribution in [0.2, 0.25) is 5.02 Å². The van der Waals surface area contributed by atoms with E-state index in [-0.39, 0.29) is 0 Å². The van der Waals surface area contributed by atoms with Gasteiger partial charge in [0, 0.05) is 19.6 Å². The lowest BCUT2D eigenvalue weighted by Gasteiger charge is -2.26. The van der Waals surface area contributed by atoms with Gasteiger partial charge in [-0.05, 0) is 57.7 Å². The van der Waals surface area contributed by atoms with Gasteiger partial charge in [0.2, 0.25) is 0 Å². The van der Waals surface area contributed by atoms with Crippen LogP contribution < -0.4 is 10.2 Å². The Labute approximate surface area is 135 Å².